The molecule has 1 atom stereocenters. The number of likely N-dealkylation sites (tertiary alicyclic amines) is 1. The first-order valence-electron chi connectivity index (χ1n) is 13.3. The molecule has 0 bridgehead atoms. The van der Waals surface area contributed by atoms with Crippen molar-refractivity contribution in [3.05, 3.63) is 72.3 Å². The maximum atomic E-state index is 12.6. The minimum Gasteiger partial charge on any atom is -0.497 e. The van der Waals surface area contributed by atoms with Crippen LogP contribution in [0.4, 0.5) is 0 Å². The second-order valence-electron chi connectivity index (χ2n) is 10.3. The van der Waals surface area contributed by atoms with Crippen LogP contribution in [0.25, 0.3) is 33.5 Å². The first kappa shape index (κ1) is 24.2. The quantitative estimate of drug-likeness (QED) is 0.381. The summed E-state index contributed by atoms with van der Waals surface area (Å²) in [5, 5.41) is 2.72. The van der Waals surface area contributed by atoms with E-state index in [-0.39, 0.29) is 11.8 Å². The highest BCUT2D eigenvalue weighted by atomic mass is 16.5. The topological polar surface area (TPSA) is 76.5 Å². The van der Waals surface area contributed by atoms with E-state index < -0.39 is 0 Å². The average molecular weight is 509 g/mol. The largest absolute Gasteiger partial charge is 0.497 e. The van der Waals surface area contributed by atoms with Gasteiger partial charge in [-0.3, -0.25) is 9.59 Å². The van der Waals surface area contributed by atoms with Crippen molar-refractivity contribution in [1.82, 2.24) is 19.8 Å². The van der Waals surface area contributed by atoms with E-state index in [1.807, 2.05) is 35.2 Å². The van der Waals surface area contributed by atoms with Crippen molar-refractivity contribution in [3.63, 3.8) is 0 Å². The molecule has 194 valence electrons. The van der Waals surface area contributed by atoms with Gasteiger partial charge in [-0.05, 0) is 66.6 Å². The van der Waals surface area contributed by atoms with Crippen molar-refractivity contribution in [1.29, 1.82) is 0 Å². The Bertz CT molecular complexity index is 1490. The van der Waals surface area contributed by atoms with Crippen LogP contribution >= 0.6 is 0 Å². The van der Waals surface area contributed by atoms with E-state index in [9.17, 15) is 9.59 Å². The number of nitrogens with zero attached hydrogens (tertiary/aromatic N) is 3. The molecule has 1 aliphatic heterocycles. The molecule has 1 saturated heterocycles. The molecule has 0 spiro atoms. The van der Waals surface area contributed by atoms with Gasteiger partial charge in [0.1, 0.15) is 11.6 Å². The van der Waals surface area contributed by atoms with Gasteiger partial charge in [-0.1, -0.05) is 36.4 Å². The van der Waals surface area contributed by atoms with Gasteiger partial charge in [0.2, 0.25) is 5.91 Å². The summed E-state index contributed by atoms with van der Waals surface area (Å²) in [6, 6.07) is 22.1. The number of benzene rings is 3. The number of ether oxygens (including phenoxy) is 1. The summed E-state index contributed by atoms with van der Waals surface area (Å²) >= 11 is 0. The van der Waals surface area contributed by atoms with Crippen molar-refractivity contribution >= 4 is 22.8 Å². The number of imidazole rings is 1. The Kier molecular flexibility index (Phi) is 6.35. The number of methoxy groups -OCH3 is 1. The molecule has 7 heteroatoms. The van der Waals surface area contributed by atoms with Gasteiger partial charge in [-0.25, -0.2) is 4.98 Å². The van der Waals surface area contributed by atoms with E-state index in [0.717, 1.165) is 78.2 Å². The minimum absolute atomic E-state index is 0.118. The Labute approximate surface area is 222 Å². The van der Waals surface area contributed by atoms with Crippen molar-refractivity contribution in [2.24, 2.45) is 11.8 Å². The normalized spacial score (nSPS) is 17.1. The number of nitrogens with one attached hydrogen (secondary N) is 1. The predicted molar refractivity (Wildman–Crippen MR) is 148 cm³/mol. The number of amides is 2. The van der Waals surface area contributed by atoms with Gasteiger partial charge in [0.05, 0.1) is 18.1 Å². The van der Waals surface area contributed by atoms with Crippen LogP contribution in [0.15, 0.2) is 66.7 Å². The highest BCUT2D eigenvalue weighted by Gasteiger charge is 2.36. The maximum absolute atomic E-state index is 12.6. The first-order chi connectivity index (χ1) is 18.5. The molecule has 4 aromatic rings. The van der Waals surface area contributed by atoms with Crippen LogP contribution in [0.5, 0.6) is 5.75 Å². The van der Waals surface area contributed by atoms with E-state index in [1.54, 1.807) is 14.2 Å². The molecule has 38 heavy (non-hydrogen) atoms. The molecule has 7 nitrogen and oxygen atoms in total. The SMILES string of the molecule is CNC(=O)c1ccc2nc(-c3ccc(-c4ccc(OC)cc4)cc3)n(C[C@H]3CCN(C(=O)C4CC4)C3)c2c1. The van der Waals surface area contributed by atoms with Gasteiger partial charge in [0.15, 0.2) is 0 Å². The zero-order valence-electron chi connectivity index (χ0n) is 21.8. The Balaban J connectivity index is 1.34. The number of hydrogen-bond donors (Lipinski definition) is 1. The summed E-state index contributed by atoms with van der Waals surface area (Å²) in [7, 11) is 3.31. The number of hydrogen-bond acceptors (Lipinski definition) is 4. The van der Waals surface area contributed by atoms with Gasteiger partial charge >= 0.3 is 0 Å². The van der Waals surface area contributed by atoms with Crippen molar-refractivity contribution in [2.45, 2.75) is 25.8 Å². The molecule has 2 aliphatic rings. The van der Waals surface area contributed by atoms with Crippen LogP contribution in [-0.4, -0.2) is 53.5 Å². The monoisotopic (exact) mass is 508 g/mol. The van der Waals surface area contributed by atoms with Gasteiger partial charge in [-0.15, -0.1) is 0 Å². The molecule has 2 heterocycles. The van der Waals surface area contributed by atoms with E-state index in [1.165, 1.54) is 0 Å². The number of carbonyl (C=O) groups is 2. The van der Waals surface area contributed by atoms with Crippen LogP contribution in [0, 0.1) is 11.8 Å². The standard InChI is InChI=1S/C31H32N4O3/c1-32-30(36)25-11-14-27-28(17-25)35(19-20-15-16-34(18-20)31(37)24-7-8-24)29(33-27)23-5-3-21(4-6-23)22-9-12-26(38-2)13-10-22/h3-6,9-14,17,20,24H,7-8,15-16,18-19H2,1-2H3,(H,32,36)/t20-/m0/s1. The lowest BCUT2D eigenvalue weighted by atomic mass is 10.0. The lowest BCUT2D eigenvalue weighted by molar-refractivity contribution is -0.131. The van der Waals surface area contributed by atoms with Crippen molar-refractivity contribution in [3.8, 4) is 28.3 Å². The van der Waals surface area contributed by atoms with Crippen molar-refractivity contribution < 1.29 is 14.3 Å². The highest BCUT2D eigenvalue weighted by molar-refractivity contribution is 5.97. The fourth-order valence-electron chi connectivity index (χ4n) is 5.44. The van der Waals surface area contributed by atoms with Crippen LogP contribution in [0.3, 0.4) is 0 Å². The predicted octanol–water partition coefficient (Wildman–Crippen LogP) is 5.00. The fourth-order valence-corrected chi connectivity index (χ4v) is 5.44. The van der Waals surface area contributed by atoms with E-state index in [2.05, 4.69) is 46.3 Å². The van der Waals surface area contributed by atoms with E-state index in [0.29, 0.717) is 17.4 Å². The molecule has 1 aliphatic carbocycles. The van der Waals surface area contributed by atoms with E-state index in [4.69, 9.17) is 9.72 Å². The van der Waals surface area contributed by atoms with Gasteiger partial charge in [0.25, 0.3) is 5.91 Å². The second kappa shape index (κ2) is 9.97. The average Bonchev–Trinajstić information content (AvgIpc) is 3.61. The number of aromatic nitrogens is 2. The molecule has 1 saturated carbocycles. The smallest absolute Gasteiger partial charge is 0.251 e. The maximum Gasteiger partial charge on any atom is 0.251 e. The minimum atomic E-state index is -0.118. The highest BCUT2D eigenvalue weighted by Crippen LogP contribution is 2.34. The Morgan fingerprint density at radius 1 is 0.947 bits per heavy atom. The number of carbonyl (C=O) groups excluding carboxylic acids is 2. The lowest BCUT2D eigenvalue weighted by Gasteiger charge is -2.18. The molecule has 1 aromatic heterocycles. The summed E-state index contributed by atoms with van der Waals surface area (Å²) in [5.74, 6) is 2.50. The van der Waals surface area contributed by atoms with Gasteiger partial charge in [0, 0.05) is 43.7 Å². The van der Waals surface area contributed by atoms with Crippen LogP contribution in [0.2, 0.25) is 0 Å². The Morgan fingerprint density at radius 2 is 1.63 bits per heavy atom. The number of rotatable bonds is 7. The molecular formula is C31H32N4O3. The van der Waals surface area contributed by atoms with Gasteiger partial charge in [-0.2, -0.15) is 0 Å². The molecule has 2 amide bonds. The van der Waals surface area contributed by atoms with Gasteiger partial charge < -0.3 is 19.5 Å². The molecule has 0 unspecified atom stereocenters. The summed E-state index contributed by atoms with van der Waals surface area (Å²) < 4.78 is 7.52. The third-order valence-electron chi connectivity index (χ3n) is 7.77. The number of fused-ring (bicyclic) bond motifs is 1. The fraction of sp³-hybridized carbons (Fsp3) is 0.323. The zero-order valence-corrected chi connectivity index (χ0v) is 21.8. The molecule has 2 fully saturated rings. The molecule has 0 radical (unpaired) electrons. The summed E-state index contributed by atoms with van der Waals surface area (Å²) in [4.78, 5) is 32.1. The van der Waals surface area contributed by atoms with E-state index >= 15 is 0 Å². The van der Waals surface area contributed by atoms with Crippen LogP contribution in [-0.2, 0) is 11.3 Å². The Morgan fingerprint density at radius 3 is 2.29 bits per heavy atom. The molecular weight excluding hydrogens is 476 g/mol. The third kappa shape index (κ3) is 4.64. The molecule has 6 rings (SSSR count). The molecule has 3 aromatic carbocycles. The summed E-state index contributed by atoms with van der Waals surface area (Å²) in [5.41, 5.74) is 5.66. The second-order valence-corrected chi connectivity index (χ2v) is 10.3. The van der Waals surface area contributed by atoms with Crippen molar-refractivity contribution in [2.75, 3.05) is 27.2 Å². The first-order valence-corrected chi connectivity index (χ1v) is 13.3. The Hall–Kier alpha value is -4.13. The summed E-state index contributed by atoms with van der Waals surface area (Å²) in [6.45, 7) is 2.35. The van der Waals surface area contributed by atoms with Crippen LogP contribution < -0.4 is 10.1 Å². The lowest BCUT2D eigenvalue weighted by Crippen LogP contribution is -2.30. The molecule has 1 N–H and O–H groups in total. The third-order valence-corrected chi connectivity index (χ3v) is 7.77. The van der Waals surface area contributed by atoms with Crippen LogP contribution in [0.1, 0.15) is 29.6 Å². The summed E-state index contributed by atoms with van der Waals surface area (Å²) in [6.07, 6.45) is 3.04. The zero-order chi connectivity index (χ0) is 26.2.